The molecule has 0 saturated heterocycles. The van der Waals surface area contributed by atoms with Crippen molar-refractivity contribution in [3.05, 3.63) is 35.6 Å². The molecule has 0 amide bonds. The topological polar surface area (TPSA) is 26.3 Å². The van der Waals surface area contributed by atoms with Gasteiger partial charge in [0.1, 0.15) is 12.4 Å². The predicted molar refractivity (Wildman–Crippen MR) is 81.6 cm³/mol. The molecule has 2 unspecified atom stereocenters. The number of ether oxygens (including phenoxy) is 1. The fourth-order valence-corrected chi connectivity index (χ4v) is 3.48. The zero-order valence-electron chi connectivity index (χ0n) is 13.2. The molecule has 2 atom stereocenters. The average Bonchev–Trinajstić information content (AvgIpc) is 2.37. The van der Waals surface area contributed by atoms with Crippen LogP contribution in [0.3, 0.4) is 0 Å². The zero-order chi connectivity index (χ0) is 15.5. The Bertz CT molecular complexity index is 478. The number of Topliss-reactive ketones (excluding diaryl/α,β-unsaturated/α-hetero) is 1. The van der Waals surface area contributed by atoms with Crippen molar-refractivity contribution in [1.29, 1.82) is 0 Å². The van der Waals surface area contributed by atoms with Gasteiger partial charge in [0.2, 0.25) is 0 Å². The third kappa shape index (κ3) is 5.24. The zero-order valence-corrected chi connectivity index (χ0v) is 13.2. The molecule has 0 N–H and O–H groups in total. The van der Waals surface area contributed by atoms with Gasteiger partial charge >= 0.3 is 0 Å². The highest BCUT2D eigenvalue weighted by Gasteiger charge is 2.32. The van der Waals surface area contributed by atoms with E-state index in [1.54, 1.807) is 12.1 Å². The first-order chi connectivity index (χ1) is 9.84. The molecule has 0 spiro atoms. The van der Waals surface area contributed by atoms with Crippen molar-refractivity contribution in [1.82, 2.24) is 0 Å². The molecule has 1 fully saturated rings. The number of carbonyl (C=O) groups excluding carboxylic acids is 1. The van der Waals surface area contributed by atoms with Crippen molar-refractivity contribution >= 4 is 5.78 Å². The first kappa shape index (κ1) is 16.2. The molecule has 0 aliphatic heterocycles. The van der Waals surface area contributed by atoms with E-state index >= 15 is 0 Å². The summed E-state index contributed by atoms with van der Waals surface area (Å²) in [6.45, 7) is 6.93. The van der Waals surface area contributed by atoms with Crippen molar-refractivity contribution in [2.45, 2.75) is 52.6 Å². The minimum absolute atomic E-state index is 0.0534. The molecular formula is C18H25FO2. The smallest absolute Gasteiger partial charge is 0.162 e. The molecule has 0 aromatic heterocycles. The molecule has 0 heterocycles. The maximum Gasteiger partial charge on any atom is 0.162 e. The van der Waals surface area contributed by atoms with Crippen LogP contribution >= 0.6 is 0 Å². The Balaban J connectivity index is 1.79. The quantitative estimate of drug-likeness (QED) is 0.814. The summed E-state index contributed by atoms with van der Waals surface area (Å²) in [5, 5.41) is 0. The fourth-order valence-electron chi connectivity index (χ4n) is 3.48. The van der Waals surface area contributed by atoms with Gasteiger partial charge in [0.15, 0.2) is 5.78 Å². The average molecular weight is 292 g/mol. The highest BCUT2D eigenvalue weighted by molar-refractivity contribution is 5.82. The van der Waals surface area contributed by atoms with E-state index in [1.807, 2.05) is 0 Å². The van der Waals surface area contributed by atoms with Gasteiger partial charge in [-0.3, -0.25) is 4.79 Å². The van der Waals surface area contributed by atoms with Crippen molar-refractivity contribution in [2.75, 3.05) is 6.61 Å². The molecule has 2 nitrogen and oxygen atoms in total. The van der Waals surface area contributed by atoms with Gasteiger partial charge in [-0.25, -0.2) is 4.39 Å². The van der Waals surface area contributed by atoms with Gasteiger partial charge in [-0.1, -0.05) is 32.9 Å². The van der Waals surface area contributed by atoms with E-state index in [-0.39, 0.29) is 24.3 Å². The Morgan fingerprint density at radius 2 is 1.95 bits per heavy atom. The molecule has 1 saturated carbocycles. The van der Waals surface area contributed by atoms with Crippen LogP contribution in [0.25, 0.3) is 0 Å². The Labute approximate surface area is 126 Å². The van der Waals surface area contributed by atoms with Crippen LogP contribution in [0.4, 0.5) is 4.39 Å². The molecule has 2 rings (SSSR count). The summed E-state index contributed by atoms with van der Waals surface area (Å²) in [5.74, 6) is 0.421. The number of halogens is 1. The number of carbonyl (C=O) groups is 1. The number of hydrogen-bond acceptors (Lipinski definition) is 2. The maximum absolute atomic E-state index is 12.8. The van der Waals surface area contributed by atoms with E-state index in [9.17, 15) is 9.18 Å². The summed E-state index contributed by atoms with van der Waals surface area (Å²) >= 11 is 0. The van der Waals surface area contributed by atoms with Crippen molar-refractivity contribution in [3.8, 4) is 0 Å². The molecule has 1 aromatic rings. The minimum Gasteiger partial charge on any atom is -0.370 e. The highest BCUT2D eigenvalue weighted by atomic mass is 19.1. The summed E-state index contributed by atoms with van der Waals surface area (Å²) in [6.07, 6.45) is 3.76. The van der Waals surface area contributed by atoms with E-state index < -0.39 is 0 Å². The first-order valence-corrected chi connectivity index (χ1v) is 7.72. The Morgan fingerprint density at radius 1 is 1.29 bits per heavy atom. The number of hydrogen-bond donors (Lipinski definition) is 0. The second kappa shape index (κ2) is 6.69. The third-order valence-corrected chi connectivity index (χ3v) is 4.14. The largest absolute Gasteiger partial charge is 0.370 e. The van der Waals surface area contributed by atoms with Crippen LogP contribution in [-0.4, -0.2) is 18.5 Å². The molecule has 1 aromatic carbocycles. The van der Waals surface area contributed by atoms with Crippen LogP contribution in [0.5, 0.6) is 0 Å². The van der Waals surface area contributed by atoms with Crippen LogP contribution in [0.2, 0.25) is 0 Å². The van der Waals surface area contributed by atoms with Gasteiger partial charge in [0.05, 0.1) is 6.10 Å². The van der Waals surface area contributed by atoms with E-state index in [0.29, 0.717) is 17.8 Å². The van der Waals surface area contributed by atoms with Gasteiger partial charge in [-0.05, 0) is 48.3 Å². The van der Waals surface area contributed by atoms with Gasteiger partial charge in [-0.2, -0.15) is 0 Å². The normalized spacial score (nSPS) is 24.8. The van der Waals surface area contributed by atoms with Crippen LogP contribution < -0.4 is 0 Å². The maximum atomic E-state index is 12.8. The molecule has 0 bridgehead atoms. The van der Waals surface area contributed by atoms with E-state index in [1.165, 1.54) is 18.6 Å². The number of benzene rings is 1. The molecule has 1 aliphatic carbocycles. The number of rotatable bonds is 5. The minimum atomic E-state index is -0.277. The third-order valence-electron chi connectivity index (χ3n) is 4.14. The van der Waals surface area contributed by atoms with Gasteiger partial charge in [0.25, 0.3) is 0 Å². The van der Waals surface area contributed by atoms with Crippen LogP contribution in [0.1, 0.15) is 45.6 Å². The van der Waals surface area contributed by atoms with Crippen molar-refractivity contribution < 1.29 is 13.9 Å². The fraction of sp³-hybridized carbons (Fsp3) is 0.611. The summed E-state index contributed by atoms with van der Waals surface area (Å²) in [6, 6.07) is 6.07. The molecule has 0 radical (unpaired) electrons. The summed E-state index contributed by atoms with van der Waals surface area (Å²) in [4.78, 5) is 12.0. The van der Waals surface area contributed by atoms with E-state index in [2.05, 4.69) is 20.8 Å². The SMILES string of the molecule is CC1CC(OCC(=O)Cc2ccc(F)cc2)CC(C)(C)C1. The summed E-state index contributed by atoms with van der Waals surface area (Å²) < 4.78 is 18.6. The standard InChI is InChI=1S/C18H25FO2/c1-13-8-17(11-18(2,3)10-13)21-12-16(20)9-14-4-6-15(19)7-5-14/h4-7,13,17H,8-12H2,1-3H3. The highest BCUT2D eigenvalue weighted by Crippen LogP contribution is 2.39. The summed E-state index contributed by atoms with van der Waals surface area (Å²) in [7, 11) is 0. The van der Waals surface area contributed by atoms with Crippen LogP contribution in [-0.2, 0) is 16.0 Å². The Hall–Kier alpha value is -1.22. The second-order valence-electron chi connectivity index (χ2n) is 7.19. The van der Waals surface area contributed by atoms with Gasteiger partial charge in [0, 0.05) is 6.42 Å². The van der Waals surface area contributed by atoms with Gasteiger partial charge < -0.3 is 4.74 Å². The molecule has 21 heavy (non-hydrogen) atoms. The second-order valence-corrected chi connectivity index (χ2v) is 7.19. The lowest BCUT2D eigenvalue weighted by Gasteiger charge is -2.38. The van der Waals surface area contributed by atoms with Crippen molar-refractivity contribution in [2.24, 2.45) is 11.3 Å². The molecule has 1 aliphatic rings. The Kier molecular flexibility index (Phi) is 5.15. The molecular weight excluding hydrogens is 267 g/mol. The van der Waals surface area contributed by atoms with Crippen LogP contribution in [0.15, 0.2) is 24.3 Å². The van der Waals surface area contributed by atoms with Gasteiger partial charge in [-0.15, -0.1) is 0 Å². The molecule has 3 heteroatoms. The van der Waals surface area contributed by atoms with E-state index in [0.717, 1.165) is 18.4 Å². The van der Waals surface area contributed by atoms with E-state index in [4.69, 9.17) is 4.74 Å². The summed E-state index contributed by atoms with van der Waals surface area (Å²) in [5.41, 5.74) is 1.13. The Morgan fingerprint density at radius 3 is 2.57 bits per heavy atom. The predicted octanol–water partition coefficient (Wildman–Crippen LogP) is 4.17. The number of ketones is 1. The van der Waals surface area contributed by atoms with Crippen LogP contribution in [0, 0.1) is 17.2 Å². The first-order valence-electron chi connectivity index (χ1n) is 7.72. The lowest BCUT2D eigenvalue weighted by molar-refractivity contribution is -0.127. The lowest BCUT2D eigenvalue weighted by Crippen LogP contribution is -2.33. The monoisotopic (exact) mass is 292 g/mol. The van der Waals surface area contributed by atoms with Crippen molar-refractivity contribution in [3.63, 3.8) is 0 Å². The lowest BCUT2D eigenvalue weighted by atomic mass is 9.71. The molecule has 116 valence electrons.